The molecular weight excluding hydrogens is 750 g/mol. The van der Waals surface area contributed by atoms with Crippen molar-refractivity contribution in [1.82, 2.24) is 26.2 Å². The Kier molecular flexibility index (Phi) is 19.2. The number of esters is 1. The highest BCUT2D eigenvalue weighted by atomic mass is 16.6. The fourth-order valence-electron chi connectivity index (χ4n) is 6.01. The molecule has 0 bridgehead atoms. The maximum Gasteiger partial charge on any atom is 0.407 e. The van der Waals surface area contributed by atoms with Gasteiger partial charge in [0.2, 0.25) is 23.6 Å². The number of amides is 5. The van der Waals surface area contributed by atoms with E-state index >= 15 is 0 Å². The fourth-order valence-corrected chi connectivity index (χ4v) is 6.01. The Hall–Kier alpha value is -5.67. The van der Waals surface area contributed by atoms with E-state index in [9.17, 15) is 33.6 Å². The smallest absolute Gasteiger partial charge is 0.407 e. The van der Waals surface area contributed by atoms with Crippen LogP contribution in [0.1, 0.15) is 91.3 Å². The van der Waals surface area contributed by atoms with Crippen molar-refractivity contribution in [2.24, 2.45) is 5.92 Å². The van der Waals surface area contributed by atoms with Crippen molar-refractivity contribution in [2.75, 3.05) is 41.5 Å². The number of benzene rings is 2. The lowest BCUT2D eigenvalue weighted by Gasteiger charge is -2.32. The number of carbonyl (C=O) groups excluding carboxylic acids is 7. The summed E-state index contributed by atoms with van der Waals surface area (Å²) in [6, 6.07) is 7.13. The van der Waals surface area contributed by atoms with Crippen molar-refractivity contribution < 1.29 is 52.5 Å². The van der Waals surface area contributed by atoms with E-state index in [1.54, 1.807) is 52.0 Å². The molecule has 0 saturated heterocycles. The quantitative estimate of drug-likeness (QED) is 0.105. The molecule has 0 fully saturated rings. The highest BCUT2D eigenvalue weighted by molar-refractivity contribution is 5.95. The van der Waals surface area contributed by atoms with Gasteiger partial charge in [0, 0.05) is 44.6 Å². The predicted molar refractivity (Wildman–Crippen MR) is 217 cm³/mol. The number of rotatable bonds is 21. The van der Waals surface area contributed by atoms with Crippen LogP contribution >= 0.6 is 0 Å². The minimum atomic E-state index is -1.31. The zero-order chi connectivity index (χ0) is 43.7. The molecule has 0 heterocycles. The van der Waals surface area contributed by atoms with Crippen LogP contribution < -0.4 is 30.7 Å². The Balaban J connectivity index is 2.61. The van der Waals surface area contributed by atoms with Gasteiger partial charge in [0.1, 0.15) is 29.2 Å². The molecule has 2 rings (SSSR count). The summed E-state index contributed by atoms with van der Waals surface area (Å²) in [5, 5.41) is 10.7. The van der Waals surface area contributed by atoms with Crippen LogP contribution in [-0.2, 0) is 44.7 Å². The van der Waals surface area contributed by atoms with E-state index in [0.29, 0.717) is 47.5 Å². The lowest BCUT2D eigenvalue weighted by atomic mass is 9.93. The Bertz CT molecular complexity index is 1770. The topological polar surface area (TPSA) is 208 Å². The number of methoxy groups -OCH3 is 3. The second-order valence-corrected chi connectivity index (χ2v) is 15.1. The third kappa shape index (κ3) is 15.3. The van der Waals surface area contributed by atoms with Gasteiger partial charge in [0.15, 0.2) is 5.78 Å². The first-order valence-electron chi connectivity index (χ1n) is 19.2. The Morgan fingerprint density at radius 3 is 1.98 bits per heavy atom. The van der Waals surface area contributed by atoms with Gasteiger partial charge < -0.3 is 45.1 Å². The van der Waals surface area contributed by atoms with E-state index in [-0.39, 0.29) is 43.6 Å². The van der Waals surface area contributed by atoms with Gasteiger partial charge in [-0.15, -0.1) is 0 Å². The van der Waals surface area contributed by atoms with Gasteiger partial charge in [0.05, 0.1) is 33.3 Å². The number of hydrogen-bond donors (Lipinski definition) is 4. The molecule has 0 aliphatic rings. The summed E-state index contributed by atoms with van der Waals surface area (Å²) >= 11 is 0. The highest BCUT2D eigenvalue weighted by Gasteiger charge is 2.35. The fraction of sp³-hybridized carbons (Fsp3) is 0.548. The molecule has 0 aromatic heterocycles. The number of likely N-dealkylation sites (N-methyl/N-ethyl adjacent to an activating group) is 1. The zero-order valence-electron chi connectivity index (χ0n) is 35.7. The van der Waals surface area contributed by atoms with Gasteiger partial charge in [-0.1, -0.05) is 19.1 Å². The number of ether oxygens (including phenoxy) is 4. The molecule has 0 spiro atoms. The van der Waals surface area contributed by atoms with Crippen LogP contribution in [0.3, 0.4) is 0 Å². The summed E-state index contributed by atoms with van der Waals surface area (Å²) in [4.78, 5) is 91.0. The number of hydrogen-bond acceptors (Lipinski definition) is 11. The average molecular weight is 812 g/mol. The molecule has 0 aliphatic carbocycles. The van der Waals surface area contributed by atoms with Crippen molar-refractivity contribution in [2.45, 2.75) is 104 Å². The van der Waals surface area contributed by atoms with Crippen molar-refractivity contribution in [3.05, 3.63) is 47.5 Å². The van der Waals surface area contributed by atoms with E-state index in [1.807, 2.05) is 12.1 Å². The van der Waals surface area contributed by atoms with Crippen LogP contribution in [0.5, 0.6) is 11.5 Å². The van der Waals surface area contributed by atoms with Crippen LogP contribution in [0.4, 0.5) is 4.79 Å². The molecule has 320 valence electrons. The average Bonchev–Trinajstić information content (AvgIpc) is 3.15. The van der Waals surface area contributed by atoms with Crippen molar-refractivity contribution in [3.8, 4) is 22.6 Å². The van der Waals surface area contributed by atoms with Gasteiger partial charge in [-0.05, 0) is 95.7 Å². The molecule has 2 aromatic carbocycles. The van der Waals surface area contributed by atoms with Crippen LogP contribution in [-0.4, -0.2) is 106 Å². The summed E-state index contributed by atoms with van der Waals surface area (Å²) in [7, 11) is 5.77. The summed E-state index contributed by atoms with van der Waals surface area (Å²) < 4.78 is 21.7. The number of alkyl carbamates (subject to hydrolysis) is 1. The first-order valence-corrected chi connectivity index (χ1v) is 19.2. The molecule has 0 saturated carbocycles. The van der Waals surface area contributed by atoms with Crippen LogP contribution in [0.2, 0.25) is 0 Å². The Morgan fingerprint density at radius 2 is 1.41 bits per heavy atom. The number of unbranched alkanes of at least 4 members (excludes halogenated alkanes) is 1. The lowest BCUT2D eigenvalue weighted by Crippen LogP contribution is -2.52. The minimum Gasteiger partial charge on any atom is -0.496 e. The molecule has 4 atom stereocenters. The molecule has 0 unspecified atom stereocenters. The van der Waals surface area contributed by atoms with Gasteiger partial charge >= 0.3 is 12.1 Å². The number of Topliss-reactive ketones (excluding diaryl/α,β-unsaturated/α-hetero) is 1. The predicted octanol–water partition coefficient (Wildman–Crippen LogP) is 4.02. The van der Waals surface area contributed by atoms with Crippen LogP contribution in [0, 0.1) is 5.92 Å². The lowest BCUT2D eigenvalue weighted by molar-refractivity contribution is -0.144. The second-order valence-electron chi connectivity index (χ2n) is 15.1. The molecule has 0 radical (unpaired) electrons. The van der Waals surface area contributed by atoms with Gasteiger partial charge in [0.25, 0.3) is 0 Å². The van der Waals surface area contributed by atoms with E-state index in [1.165, 1.54) is 54.0 Å². The molecule has 16 heteroatoms. The SMILES string of the molecule is COC(=O)[C@@H](C)Cc1ccc(OC)c(-c2cc([C@@H](C(=O)N[C@@H](C)C(C)=O)N(C)C(=O)[C@H](CCCCNC(=O)OC(C)(C)C)NC(=O)CCNC(C)=O)ccc2OC)c1. The number of carbonyl (C=O) groups is 7. The van der Waals surface area contributed by atoms with Gasteiger partial charge in [-0.3, -0.25) is 28.8 Å². The summed E-state index contributed by atoms with van der Waals surface area (Å²) in [6.07, 6.45) is 0.654. The van der Waals surface area contributed by atoms with Crippen molar-refractivity contribution >= 4 is 41.5 Å². The van der Waals surface area contributed by atoms with E-state index < -0.39 is 53.5 Å². The first kappa shape index (κ1) is 48.5. The van der Waals surface area contributed by atoms with Crippen molar-refractivity contribution in [1.29, 1.82) is 0 Å². The summed E-state index contributed by atoms with van der Waals surface area (Å²) in [5.74, 6) is -2.27. The monoisotopic (exact) mass is 811 g/mol. The number of nitrogens with zero attached hydrogens (tertiary/aromatic N) is 1. The first-order chi connectivity index (χ1) is 27.2. The van der Waals surface area contributed by atoms with Crippen molar-refractivity contribution in [3.63, 3.8) is 0 Å². The normalized spacial score (nSPS) is 13.1. The summed E-state index contributed by atoms with van der Waals surface area (Å²) in [6.45, 7) is 11.5. The molecule has 4 N–H and O–H groups in total. The molecular formula is C42H61N5O11. The van der Waals surface area contributed by atoms with Gasteiger partial charge in [-0.25, -0.2) is 4.79 Å². The highest BCUT2D eigenvalue weighted by Crippen LogP contribution is 2.40. The van der Waals surface area contributed by atoms with Gasteiger partial charge in [-0.2, -0.15) is 0 Å². The largest absolute Gasteiger partial charge is 0.496 e. The van der Waals surface area contributed by atoms with E-state index in [2.05, 4.69) is 21.3 Å². The third-order valence-corrected chi connectivity index (χ3v) is 9.14. The maximum atomic E-state index is 14.5. The van der Waals surface area contributed by atoms with E-state index in [4.69, 9.17) is 18.9 Å². The van der Waals surface area contributed by atoms with Crippen LogP contribution in [0.15, 0.2) is 36.4 Å². The number of nitrogens with one attached hydrogen (secondary N) is 4. The molecule has 5 amide bonds. The minimum absolute atomic E-state index is 0.0482. The standard InChI is InChI=1S/C42H61N5O11/c1-25(40(53)57-11)22-29-15-17-34(55-9)31(23-29)32-24-30(16-18-35(32)56-10)37(38(51)45-26(2)27(3)48)47(8)39(52)33(46-36(50)19-21-43-28(4)49)14-12-13-20-44-41(54)58-42(5,6)7/h15-18,23-26,33,37H,12-14,19-22H2,1-11H3,(H,43,49)(H,44,54)(H,45,51)(H,46,50)/t25-,26-,33-,37-/m0/s1. The summed E-state index contributed by atoms with van der Waals surface area (Å²) in [5.41, 5.74) is 1.58. The van der Waals surface area contributed by atoms with Crippen LogP contribution in [0.25, 0.3) is 11.1 Å². The zero-order valence-corrected chi connectivity index (χ0v) is 35.7. The number of ketones is 1. The Morgan fingerprint density at radius 1 is 0.793 bits per heavy atom. The third-order valence-electron chi connectivity index (χ3n) is 9.14. The maximum absolute atomic E-state index is 14.5. The molecule has 2 aromatic rings. The Labute approximate surface area is 341 Å². The second kappa shape index (κ2) is 22.9. The molecule has 16 nitrogen and oxygen atoms in total. The molecule has 58 heavy (non-hydrogen) atoms. The van der Waals surface area contributed by atoms with E-state index in [0.717, 1.165) is 5.56 Å². The molecule has 0 aliphatic heterocycles.